The van der Waals surface area contributed by atoms with E-state index in [0.717, 1.165) is 30.0 Å². The molecule has 1 atom stereocenters. The number of pyridine rings is 1. The molecule has 2 heterocycles. The molecule has 0 radical (unpaired) electrons. The van der Waals surface area contributed by atoms with Crippen molar-refractivity contribution < 1.29 is 23.7 Å². The molecule has 2 aromatic rings. The predicted octanol–water partition coefficient (Wildman–Crippen LogP) is 2.19. The van der Waals surface area contributed by atoms with Crippen LogP contribution >= 0.6 is 0 Å². The summed E-state index contributed by atoms with van der Waals surface area (Å²) >= 11 is 0. The zero-order valence-corrected chi connectivity index (χ0v) is 17.9. The lowest BCUT2D eigenvalue weighted by molar-refractivity contribution is -0.120. The van der Waals surface area contributed by atoms with E-state index in [0.29, 0.717) is 30.4 Å². The van der Waals surface area contributed by atoms with Crippen LogP contribution in [0.3, 0.4) is 0 Å². The van der Waals surface area contributed by atoms with Gasteiger partial charge in [-0.25, -0.2) is 4.98 Å². The maximum Gasteiger partial charge on any atom is 0.224 e. The average molecular weight is 415 g/mol. The van der Waals surface area contributed by atoms with E-state index in [9.17, 15) is 4.79 Å². The molecule has 1 aliphatic heterocycles. The van der Waals surface area contributed by atoms with Gasteiger partial charge >= 0.3 is 0 Å². The second kappa shape index (κ2) is 10.2. The van der Waals surface area contributed by atoms with Crippen LogP contribution in [0.5, 0.6) is 17.2 Å². The van der Waals surface area contributed by atoms with Gasteiger partial charge in [0.05, 0.1) is 40.5 Å². The molecule has 1 aromatic carbocycles. The van der Waals surface area contributed by atoms with Gasteiger partial charge in [-0.05, 0) is 36.2 Å². The number of morpholine rings is 1. The van der Waals surface area contributed by atoms with Crippen molar-refractivity contribution in [3.63, 3.8) is 0 Å². The Morgan fingerprint density at radius 3 is 2.47 bits per heavy atom. The first kappa shape index (κ1) is 21.7. The van der Waals surface area contributed by atoms with Crippen LogP contribution in [0.2, 0.25) is 0 Å². The third-order valence-corrected chi connectivity index (χ3v) is 4.95. The van der Waals surface area contributed by atoms with E-state index >= 15 is 0 Å². The Balaban J connectivity index is 1.57. The number of carbonyl (C=O) groups excluding carboxylic acids is 1. The number of carbonyl (C=O) groups is 1. The van der Waals surface area contributed by atoms with Crippen molar-refractivity contribution in [2.24, 2.45) is 0 Å². The minimum atomic E-state index is -0.102. The number of amides is 1. The number of hydrogen-bond donors (Lipinski definition) is 1. The number of anilines is 1. The molecular formula is C22H29N3O5. The molecule has 0 spiro atoms. The van der Waals surface area contributed by atoms with Gasteiger partial charge in [0.15, 0.2) is 11.5 Å². The normalized spacial score (nSPS) is 16.1. The topological polar surface area (TPSA) is 82.2 Å². The average Bonchev–Trinajstić information content (AvgIpc) is 2.77. The van der Waals surface area contributed by atoms with Gasteiger partial charge in [0.25, 0.3) is 0 Å². The van der Waals surface area contributed by atoms with Crippen molar-refractivity contribution in [2.75, 3.05) is 45.9 Å². The van der Waals surface area contributed by atoms with Gasteiger partial charge in [0.2, 0.25) is 11.7 Å². The number of benzene rings is 1. The highest BCUT2D eigenvalue weighted by Crippen LogP contribution is 2.38. The van der Waals surface area contributed by atoms with Crippen molar-refractivity contribution in [1.82, 2.24) is 10.3 Å². The number of aromatic nitrogens is 1. The summed E-state index contributed by atoms with van der Waals surface area (Å²) in [6, 6.07) is 7.53. The molecule has 1 amide bonds. The van der Waals surface area contributed by atoms with Crippen molar-refractivity contribution >= 4 is 11.7 Å². The highest BCUT2D eigenvalue weighted by Gasteiger charge is 2.18. The Kier molecular flexibility index (Phi) is 7.35. The van der Waals surface area contributed by atoms with Gasteiger partial charge in [-0.3, -0.25) is 4.79 Å². The highest BCUT2D eigenvalue weighted by atomic mass is 16.5. The largest absolute Gasteiger partial charge is 0.493 e. The Hall–Kier alpha value is -3.00. The van der Waals surface area contributed by atoms with Crippen LogP contribution in [0.25, 0.3) is 0 Å². The number of methoxy groups -OCH3 is 3. The fourth-order valence-electron chi connectivity index (χ4n) is 3.42. The SMILES string of the molecule is COc1cc(CC(=O)NCc2ccc(N3CCO[C@H](C)C3)nc2)cc(OC)c1OC. The summed E-state index contributed by atoms with van der Waals surface area (Å²) in [5.41, 5.74) is 1.72. The molecule has 3 rings (SSSR count). The minimum Gasteiger partial charge on any atom is -0.493 e. The molecule has 1 N–H and O–H groups in total. The Morgan fingerprint density at radius 1 is 1.17 bits per heavy atom. The number of nitrogens with one attached hydrogen (secondary N) is 1. The van der Waals surface area contributed by atoms with E-state index in [2.05, 4.69) is 22.1 Å². The van der Waals surface area contributed by atoms with Crippen LogP contribution in [-0.4, -0.2) is 58.0 Å². The predicted molar refractivity (Wildman–Crippen MR) is 114 cm³/mol. The first-order valence-corrected chi connectivity index (χ1v) is 9.91. The maximum atomic E-state index is 12.4. The summed E-state index contributed by atoms with van der Waals surface area (Å²) in [7, 11) is 4.65. The van der Waals surface area contributed by atoms with Gasteiger partial charge in [0, 0.05) is 25.8 Å². The van der Waals surface area contributed by atoms with Gasteiger partial charge in [-0.15, -0.1) is 0 Å². The Labute approximate surface area is 177 Å². The molecular weight excluding hydrogens is 386 g/mol. The fraction of sp³-hybridized carbons (Fsp3) is 0.455. The molecule has 0 aliphatic carbocycles. The van der Waals surface area contributed by atoms with Crippen LogP contribution in [-0.2, 0) is 22.5 Å². The molecule has 162 valence electrons. The standard InChI is InChI=1S/C22H29N3O5/c1-15-14-25(7-8-30-15)20-6-5-16(12-23-20)13-24-21(26)11-17-9-18(27-2)22(29-4)19(10-17)28-3/h5-6,9-10,12,15H,7-8,11,13-14H2,1-4H3,(H,24,26)/t15-/m1/s1. The van der Waals surface area contributed by atoms with E-state index in [4.69, 9.17) is 18.9 Å². The smallest absolute Gasteiger partial charge is 0.224 e. The van der Waals surface area contributed by atoms with Crippen molar-refractivity contribution in [1.29, 1.82) is 0 Å². The quantitative estimate of drug-likeness (QED) is 0.708. The van der Waals surface area contributed by atoms with E-state index in [1.165, 1.54) is 0 Å². The van der Waals surface area contributed by atoms with E-state index in [-0.39, 0.29) is 18.4 Å². The zero-order chi connectivity index (χ0) is 21.5. The monoisotopic (exact) mass is 415 g/mol. The van der Waals surface area contributed by atoms with Crippen LogP contribution in [0.4, 0.5) is 5.82 Å². The molecule has 8 nitrogen and oxygen atoms in total. The van der Waals surface area contributed by atoms with E-state index in [1.54, 1.807) is 39.7 Å². The molecule has 1 fully saturated rings. The summed E-state index contributed by atoms with van der Waals surface area (Å²) in [4.78, 5) is 19.2. The number of hydrogen-bond acceptors (Lipinski definition) is 7. The zero-order valence-electron chi connectivity index (χ0n) is 17.9. The first-order chi connectivity index (χ1) is 14.5. The lowest BCUT2D eigenvalue weighted by Crippen LogP contribution is -2.41. The first-order valence-electron chi connectivity index (χ1n) is 9.91. The Morgan fingerprint density at radius 2 is 1.90 bits per heavy atom. The van der Waals surface area contributed by atoms with Crippen LogP contribution in [0, 0.1) is 0 Å². The molecule has 1 saturated heterocycles. The second-order valence-electron chi connectivity index (χ2n) is 7.14. The number of rotatable bonds is 8. The van der Waals surface area contributed by atoms with Gasteiger partial charge < -0.3 is 29.2 Å². The molecule has 0 saturated carbocycles. The molecule has 1 aromatic heterocycles. The van der Waals surface area contributed by atoms with Gasteiger partial charge in [0.1, 0.15) is 5.82 Å². The summed E-state index contributed by atoms with van der Waals surface area (Å²) in [5.74, 6) is 2.38. The van der Waals surface area contributed by atoms with Gasteiger partial charge in [-0.1, -0.05) is 6.07 Å². The number of ether oxygens (including phenoxy) is 4. The summed E-state index contributed by atoms with van der Waals surface area (Å²) in [5, 5.41) is 2.93. The Bertz CT molecular complexity index is 831. The van der Waals surface area contributed by atoms with Crippen LogP contribution in [0.15, 0.2) is 30.5 Å². The lowest BCUT2D eigenvalue weighted by Gasteiger charge is -2.32. The molecule has 1 aliphatic rings. The van der Waals surface area contributed by atoms with Crippen LogP contribution < -0.4 is 24.4 Å². The van der Waals surface area contributed by atoms with Crippen LogP contribution in [0.1, 0.15) is 18.1 Å². The lowest BCUT2D eigenvalue weighted by atomic mass is 10.1. The number of nitrogens with zero attached hydrogens (tertiary/aromatic N) is 2. The van der Waals surface area contributed by atoms with E-state index < -0.39 is 0 Å². The second-order valence-corrected chi connectivity index (χ2v) is 7.14. The summed E-state index contributed by atoms with van der Waals surface area (Å²) in [6.45, 7) is 4.85. The fourth-order valence-corrected chi connectivity index (χ4v) is 3.42. The van der Waals surface area contributed by atoms with Crippen molar-refractivity contribution in [3.05, 3.63) is 41.6 Å². The van der Waals surface area contributed by atoms with Crippen molar-refractivity contribution in [2.45, 2.75) is 26.0 Å². The van der Waals surface area contributed by atoms with Crippen molar-refractivity contribution in [3.8, 4) is 17.2 Å². The molecule has 0 bridgehead atoms. The molecule has 0 unspecified atom stereocenters. The maximum absolute atomic E-state index is 12.4. The highest BCUT2D eigenvalue weighted by molar-refractivity contribution is 5.79. The van der Waals surface area contributed by atoms with Gasteiger partial charge in [-0.2, -0.15) is 0 Å². The summed E-state index contributed by atoms with van der Waals surface area (Å²) in [6.07, 6.45) is 2.21. The molecule has 30 heavy (non-hydrogen) atoms. The summed E-state index contributed by atoms with van der Waals surface area (Å²) < 4.78 is 21.6. The minimum absolute atomic E-state index is 0.102. The third-order valence-electron chi connectivity index (χ3n) is 4.95. The van der Waals surface area contributed by atoms with E-state index in [1.807, 2.05) is 12.1 Å². The third kappa shape index (κ3) is 5.33. The molecule has 8 heteroatoms.